The number of methoxy groups -OCH3 is 1. The second-order valence-corrected chi connectivity index (χ2v) is 6.74. The Bertz CT molecular complexity index is 980. The summed E-state index contributed by atoms with van der Waals surface area (Å²) in [6.45, 7) is 1.87. The number of esters is 1. The number of aromatic hydroxyl groups is 1. The lowest BCUT2D eigenvalue weighted by atomic mass is 10.1. The fourth-order valence-electron chi connectivity index (χ4n) is 2.57. The Balaban J connectivity index is 2.07. The van der Waals surface area contributed by atoms with Gasteiger partial charge in [-0.25, -0.2) is 9.79 Å². The molecule has 0 atom stereocenters. The van der Waals surface area contributed by atoms with Crippen molar-refractivity contribution in [3.8, 4) is 11.5 Å². The highest BCUT2D eigenvalue weighted by molar-refractivity contribution is 8.18. The van der Waals surface area contributed by atoms with Gasteiger partial charge in [-0.2, -0.15) is 0 Å². The third kappa shape index (κ3) is 4.04. The van der Waals surface area contributed by atoms with Gasteiger partial charge in [-0.3, -0.25) is 0 Å². The first kappa shape index (κ1) is 19.6. The molecule has 2 N–H and O–H groups in total. The fourth-order valence-corrected chi connectivity index (χ4v) is 3.60. The standard InChI is InChI=1S/C21H19NO5S/c1-3-27-21(25)17-19(24)16(12-13-8-7-11-15(26-2)18(13)23)28-20(17)22-14-9-5-4-6-10-14/h4-12,23-24H,3H2,1-2H3. The number of rotatable bonds is 5. The van der Waals surface area contributed by atoms with Crippen molar-refractivity contribution in [2.24, 2.45) is 4.99 Å². The summed E-state index contributed by atoms with van der Waals surface area (Å²) < 4.78 is 10.2. The predicted molar refractivity (Wildman–Crippen MR) is 110 cm³/mol. The van der Waals surface area contributed by atoms with E-state index in [1.54, 1.807) is 43.3 Å². The van der Waals surface area contributed by atoms with E-state index < -0.39 is 5.97 Å². The van der Waals surface area contributed by atoms with E-state index in [1.165, 1.54) is 7.11 Å². The van der Waals surface area contributed by atoms with Crippen LogP contribution in [0.25, 0.3) is 6.08 Å². The summed E-state index contributed by atoms with van der Waals surface area (Å²) in [6, 6.07) is 14.1. The van der Waals surface area contributed by atoms with Crippen LogP contribution in [0.5, 0.6) is 11.5 Å². The molecule has 0 radical (unpaired) electrons. The number of ether oxygens (including phenoxy) is 2. The Morgan fingerprint density at radius 1 is 1.14 bits per heavy atom. The SMILES string of the molecule is CCOC(=O)C1=C(O)C(=Cc2cccc(OC)c2O)SC1=Nc1ccccc1. The molecule has 1 aliphatic heterocycles. The van der Waals surface area contributed by atoms with Gasteiger partial charge in [0.05, 0.1) is 24.3 Å². The van der Waals surface area contributed by atoms with Crippen molar-refractivity contribution in [1.82, 2.24) is 0 Å². The van der Waals surface area contributed by atoms with E-state index in [0.717, 1.165) is 11.8 Å². The van der Waals surface area contributed by atoms with Crippen molar-refractivity contribution in [2.45, 2.75) is 6.92 Å². The first-order valence-corrected chi connectivity index (χ1v) is 9.37. The van der Waals surface area contributed by atoms with Gasteiger partial charge >= 0.3 is 5.97 Å². The molecule has 2 aromatic rings. The van der Waals surface area contributed by atoms with Gasteiger partial charge in [0.1, 0.15) is 16.4 Å². The third-order valence-electron chi connectivity index (χ3n) is 3.89. The first-order valence-electron chi connectivity index (χ1n) is 8.55. The summed E-state index contributed by atoms with van der Waals surface area (Å²) in [5, 5.41) is 21.3. The smallest absolute Gasteiger partial charge is 0.344 e. The number of hydrogen-bond donors (Lipinski definition) is 2. The maximum Gasteiger partial charge on any atom is 0.344 e. The Hall–Kier alpha value is -3.19. The zero-order valence-electron chi connectivity index (χ0n) is 15.4. The number of para-hydroxylation sites is 2. The second-order valence-electron chi connectivity index (χ2n) is 5.71. The number of hydrogen-bond acceptors (Lipinski definition) is 7. The molecule has 3 rings (SSSR count). The summed E-state index contributed by atoms with van der Waals surface area (Å²) >= 11 is 1.13. The molecule has 28 heavy (non-hydrogen) atoms. The maximum atomic E-state index is 12.4. The molecular weight excluding hydrogens is 378 g/mol. The molecule has 2 aromatic carbocycles. The van der Waals surface area contributed by atoms with Crippen LogP contribution in [0.1, 0.15) is 12.5 Å². The molecule has 0 amide bonds. The van der Waals surface area contributed by atoms with Gasteiger partial charge < -0.3 is 19.7 Å². The number of aliphatic hydroxyl groups excluding tert-OH is 1. The zero-order chi connectivity index (χ0) is 20.1. The molecule has 0 saturated carbocycles. The summed E-state index contributed by atoms with van der Waals surface area (Å²) in [5.41, 5.74) is 1.09. The monoisotopic (exact) mass is 397 g/mol. The van der Waals surface area contributed by atoms with Crippen LogP contribution >= 0.6 is 11.8 Å². The molecule has 1 aliphatic rings. The van der Waals surface area contributed by atoms with Crippen LogP contribution in [0.2, 0.25) is 0 Å². The molecule has 0 saturated heterocycles. The first-order chi connectivity index (χ1) is 13.5. The van der Waals surface area contributed by atoms with Crippen molar-refractivity contribution >= 4 is 34.5 Å². The molecule has 0 spiro atoms. The number of aliphatic imine (C=N–C) groups is 1. The van der Waals surface area contributed by atoms with E-state index in [0.29, 0.717) is 26.9 Å². The van der Waals surface area contributed by atoms with Gasteiger partial charge in [0, 0.05) is 5.56 Å². The largest absolute Gasteiger partial charge is 0.506 e. The number of nitrogens with zero attached hydrogens (tertiary/aromatic N) is 1. The Morgan fingerprint density at radius 3 is 2.57 bits per heavy atom. The minimum absolute atomic E-state index is 0.00402. The van der Waals surface area contributed by atoms with Gasteiger partial charge in [-0.15, -0.1) is 0 Å². The molecule has 6 nitrogen and oxygen atoms in total. The number of aliphatic hydroxyl groups is 1. The molecule has 7 heteroatoms. The van der Waals surface area contributed by atoms with Crippen LogP contribution in [-0.4, -0.2) is 34.9 Å². The van der Waals surface area contributed by atoms with Crippen molar-refractivity contribution in [3.05, 3.63) is 70.3 Å². The van der Waals surface area contributed by atoms with E-state index in [-0.39, 0.29) is 23.7 Å². The number of thioether (sulfide) groups is 1. The Kier molecular flexibility index (Phi) is 6.06. The molecule has 0 unspecified atom stereocenters. The van der Waals surface area contributed by atoms with Crippen LogP contribution in [0.3, 0.4) is 0 Å². The normalized spacial score (nSPS) is 16.6. The number of phenols is 1. The van der Waals surface area contributed by atoms with Crippen molar-refractivity contribution in [3.63, 3.8) is 0 Å². The highest BCUT2D eigenvalue weighted by atomic mass is 32.2. The lowest BCUT2D eigenvalue weighted by Gasteiger charge is -2.06. The van der Waals surface area contributed by atoms with Crippen molar-refractivity contribution in [2.75, 3.05) is 13.7 Å². The van der Waals surface area contributed by atoms with Gasteiger partial charge in [0.15, 0.2) is 11.5 Å². The third-order valence-corrected chi connectivity index (χ3v) is 4.91. The highest BCUT2D eigenvalue weighted by Crippen LogP contribution is 2.42. The maximum absolute atomic E-state index is 12.4. The Labute approximate surface area is 166 Å². The summed E-state index contributed by atoms with van der Waals surface area (Å²) in [7, 11) is 1.46. The number of carbonyl (C=O) groups is 1. The number of carbonyl (C=O) groups excluding carboxylic acids is 1. The zero-order valence-corrected chi connectivity index (χ0v) is 16.2. The summed E-state index contributed by atoms with van der Waals surface area (Å²) in [6.07, 6.45) is 1.57. The topological polar surface area (TPSA) is 88.4 Å². The molecule has 144 valence electrons. The molecule has 0 fully saturated rings. The van der Waals surface area contributed by atoms with Gasteiger partial charge in [0.2, 0.25) is 0 Å². The average Bonchev–Trinajstić information content (AvgIpc) is 2.99. The van der Waals surface area contributed by atoms with E-state index >= 15 is 0 Å². The lowest BCUT2D eigenvalue weighted by molar-refractivity contribution is -0.138. The van der Waals surface area contributed by atoms with Crippen LogP contribution in [0.4, 0.5) is 5.69 Å². The van der Waals surface area contributed by atoms with E-state index in [1.807, 2.05) is 18.2 Å². The molecule has 0 aliphatic carbocycles. The van der Waals surface area contributed by atoms with Gasteiger partial charge in [-0.1, -0.05) is 42.1 Å². The van der Waals surface area contributed by atoms with Gasteiger partial charge in [0.25, 0.3) is 0 Å². The molecule has 0 aromatic heterocycles. The highest BCUT2D eigenvalue weighted by Gasteiger charge is 2.33. The molecular formula is C21H19NO5S. The lowest BCUT2D eigenvalue weighted by Crippen LogP contribution is -2.12. The van der Waals surface area contributed by atoms with Crippen molar-refractivity contribution < 1.29 is 24.5 Å². The number of phenolic OH excluding ortho intramolecular Hbond substituents is 1. The van der Waals surface area contributed by atoms with Crippen molar-refractivity contribution in [1.29, 1.82) is 0 Å². The fraction of sp³-hybridized carbons (Fsp3) is 0.143. The van der Waals surface area contributed by atoms with Crippen LogP contribution in [0, 0.1) is 0 Å². The van der Waals surface area contributed by atoms with E-state index in [4.69, 9.17) is 9.47 Å². The quantitative estimate of drug-likeness (QED) is 0.717. The van der Waals surface area contributed by atoms with Crippen LogP contribution < -0.4 is 4.74 Å². The molecule has 0 bridgehead atoms. The van der Waals surface area contributed by atoms with Crippen LogP contribution in [-0.2, 0) is 9.53 Å². The summed E-state index contributed by atoms with van der Waals surface area (Å²) in [4.78, 5) is 17.2. The predicted octanol–water partition coefficient (Wildman–Crippen LogP) is 4.59. The summed E-state index contributed by atoms with van der Waals surface area (Å²) in [5.74, 6) is -0.637. The minimum Gasteiger partial charge on any atom is -0.506 e. The van der Waals surface area contributed by atoms with Crippen LogP contribution in [0.15, 0.2) is 69.8 Å². The van der Waals surface area contributed by atoms with E-state index in [2.05, 4.69) is 4.99 Å². The molecule has 1 heterocycles. The Morgan fingerprint density at radius 2 is 1.89 bits per heavy atom. The van der Waals surface area contributed by atoms with E-state index in [9.17, 15) is 15.0 Å². The average molecular weight is 397 g/mol. The second kappa shape index (κ2) is 8.67. The number of benzene rings is 2. The van der Waals surface area contributed by atoms with Gasteiger partial charge in [-0.05, 0) is 31.2 Å². The minimum atomic E-state index is -0.652.